The molecule has 0 aliphatic carbocycles. The van der Waals surface area contributed by atoms with Gasteiger partial charge in [0.15, 0.2) is 0 Å². The molecule has 0 saturated carbocycles. The standard InChI is InChI=1S/C19H22N2O4S/c1-25-19(22)16-7-4-8-17(14-16)26(23,24)20-11-5-12-21-13-10-15-6-2-3-9-18(15)21/h2-4,6-9,14,20H,5,10-13H2,1H3. The number of rotatable bonds is 7. The average molecular weight is 374 g/mol. The van der Waals surface area contributed by atoms with Crippen molar-refractivity contribution in [3.63, 3.8) is 0 Å². The molecule has 6 nitrogen and oxygen atoms in total. The number of methoxy groups -OCH3 is 1. The van der Waals surface area contributed by atoms with Crippen LogP contribution in [0.5, 0.6) is 0 Å². The SMILES string of the molecule is COC(=O)c1cccc(S(=O)(=O)NCCCN2CCc3ccccc32)c1. The molecule has 2 aromatic rings. The van der Waals surface area contributed by atoms with Crippen LogP contribution >= 0.6 is 0 Å². The highest BCUT2D eigenvalue weighted by Crippen LogP contribution is 2.27. The van der Waals surface area contributed by atoms with Gasteiger partial charge in [0, 0.05) is 25.3 Å². The molecule has 0 bridgehead atoms. The Labute approximate surface area is 153 Å². The Kier molecular flexibility index (Phi) is 5.58. The van der Waals surface area contributed by atoms with Gasteiger partial charge < -0.3 is 9.64 Å². The number of sulfonamides is 1. The minimum absolute atomic E-state index is 0.0620. The van der Waals surface area contributed by atoms with Crippen molar-refractivity contribution in [2.75, 3.05) is 31.6 Å². The van der Waals surface area contributed by atoms with Crippen LogP contribution in [0.4, 0.5) is 5.69 Å². The predicted octanol–water partition coefficient (Wildman–Crippen LogP) is 2.20. The van der Waals surface area contributed by atoms with Gasteiger partial charge in [0.25, 0.3) is 0 Å². The molecule has 0 aromatic heterocycles. The minimum Gasteiger partial charge on any atom is -0.465 e. The molecule has 7 heteroatoms. The van der Waals surface area contributed by atoms with Crippen molar-refractivity contribution in [1.82, 2.24) is 4.72 Å². The summed E-state index contributed by atoms with van der Waals surface area (Å²) in [6, 6.07) is 14.1. The number of carbonyl (C=O) groups is 1. The molecule has 0 spiro atoms. The van der Waals surface area contributed by atoms with E-state index in [9.17, 15) is 13.2 Å². The van der Waals surface area contributed by atoms with E-state index in [2.05, 4.69) is 26.5 Å². The number of benzene rings is 2. The van der Waals surface area contributed by atoms with Gasteiger partial charge >= 0.3 is 5.97 Å². The summed E-state index contributed by atoms with van der Waals surface area (Å²) in [6.45, 7) is 2.10. The number of nitrogens with zero attached hydrogens (tertiary/aromatic N) is 1. The zero-order valence-electron chi connectivity index (χ0n) is 14.6. The number of carbonyl (C=O) groups excluding carboxylic acids is 1. The van der Waals surface area contributed by atoms with Gasteiger partial charge in [0.2, 0.25) is 10.0 Å². The number of fused-ring (bicyclic) bond motifs is 1. The maximum absolute atomic E-state index is 12.4. The second kappa shape index (κ2) is 7.88. The van der Waals surface area contributed by atoms with Crippen LogP contribution < -0.4 is 9.62 Å². The van der Waals surface area contributed by atoms with Crippen molar-refractivity contribution < 1.29 is 17.9 Å². The Balaban J connectivity index is 1.55. The third-order valence-corrected chi connectivity index (χ3v) is 5.90. The van der Waals surface area contributed by atoms with Crippen LogP contribution in [0.1, 0.15) is 22.3 Å². The lowest BCUT2D eigenvalue weighted by Gasteiger charge is -2.19. The largest absolute Gasteiger partial charge is 0.465 e. The summed E-state index contributed by atoms with van der Waals surface area (Å²) in [6.07, 6.45) is 1.73. The fraction of sp³-hybridized carbons (Fsp3) is 0.316. The highest BCUT2D eigenvalue weighted by molar-refractivity contribution is 7.89. The highest BCUT2D eigenvalue weighted by Gasteiger charge is 2.19. The number of esters is 1. The lowest BCUT2D eigenvalue weighted by molar-refractivity contribution is 0.0600. The monoisotopic (exact) mass is 374 g/mol. The Morgan fingerprint density at radius 2 is 2.00 bits per heavy atom. The quantitative estimate of drug-likeness (QED) is 0.594. The van der Waals surface area contributed by atoms with Crippen molar-refractivity contribution in [2.45, 2.75) is 17.7 Å². The third kappa shape index (κ3) is 4.05. The van der Waals surface area contributed by atoms with E-state index in [1.807, 2.05) is 12.1 Å². The first-order chi connectivity index (χ1) is 12.5. The number of anilines is 1. The van der Waals surface area contributed by atoms with Crippen LogP contribution in [-0.2, 0) is 21.2 Å². The summed E-state index contributed by atoms with van der Waals surface area (Å²) in [4.78, 5) is 13.9. The lowest BCUT2D eigenvalue weighted by atomic mass is 10.2. The van der Waals surface area contributed by atoms with Gasteiger partial charge in [-0.25, -0.2) is 17.9 Å². The van der Waals surface area contributed by atoms with E-state index in [1.54, 1.807) is 0 Å². The summed E-state index contributed by atoms with van der Waals surface area (Å²) in [5.41, 5.74) is 2.79. The number of para-hydroxylation sites is 1. The van der Waals surface area contributed by atoms with E-state index < -0.39 is 16.0 Å². The van der Waals surface area contributed by atoms with E-state index in [1.165, 1.54) is 42.6 Å². The molecule has 1 aliphatic rings. The summed E-state index contributed by atoms with van der Waals surface area (Å²) in [5.74, 6) is -0.560. The van der Waals surface area contributed by atoms with E-state index in [4.69, 9.17) is 0 Å². The summed E-state index contributed by atoms with van der Waals surface area (Å²) in [5, 5.41) is 0. The maximum atomic E-state index is 12.4. The molecule has 1 aliphatic heterocycles. The van der Waals surface area contributed by atoms with E-state index >= 15 is 0 Å². The van der Waals surface area contributed by atoms with Crippen molar-refractivity contribution >= 4 is 21.7 Å². The fourth-order valence-electron chi connectivity index (χ4n) is 3.11. The molecule has 1 N–H and O–H groups in total. The molecule has 0 fully saturated rings. The number of hydrogen-bond donors (Lipinski definition) is 1. The third-order valence-electron chi connectivity index (χ3n) is 4.45. The van der Waals surface area contributed by atoms with Crippen LogP contribution in [0.25, 0.3) is 0 Å². The Hall–Kier alpha value is -2.38. The second-order valence-corrected chi connectivity index (χ2v) is 7.90. The number of ether oxygens (including phenoxy) is 1. The van der Waals surface area contributed by atoms with E-state index in [-0.39, 0.29) is 10.5 Å². The van der Waals surface area contributed by atoms with Gasteiger partial charge in [0.05, 0.1) is 17.6 Å². The zero-order chi connectivity index (χ0) is 18.6. The van der Waals surface area contributed by atoms with Crippen LogP contribution in [0.15, 0.2) is 53.4 Å². The zero-order valence-corrected chi connectivity index (χ0v) is 15.5. The molecular weight excluding hydrogens is 352 g/mol. The Morgan fingerprint density at radius 3 is 2.81 bits per heavy atom. The summed E-state index contributed by atoms with van der Waals surface area (Å²) < 4.78 is 32.1. The smallest absolute Gasteiger partial charge is 0.337 e. The first kappa shape index (κ1) is 18.4. The van der Waals surface area contributed by atoms with Gasteiger partial charge in [-0.3, -0.25) is 0 Å². The molecule has 0 atom stereocenters. The number of hydrogen-bond acceptors (Lipinski definition) is 5. The first-order valence-electron chi connectivity index (χ1n) is 8.52. The van der Waals surface area contributed by atoms with Gasteiger partial charge in [-0.15, -0.1) is 0 Å². The topological polar surface area (TPSA) is 75.7 Å². The molecule has 0 saturated heterocycles. The molecule has 3 rings (SSSR count). The van der Waals surface area contributed by atoms with Gasteiger partial charge in [-0.2, -0.15) is 0 Å². The van der Waals surface area contributed by atoms with Crippen LogP contribution in [-0.4, -0.2) is 41.1 Å². The lowest BCUT2D eigenvalue weighted by Crippen LogP contribution is -2.29. The molecule has 2 aromatic carbocycles. The van der Waals surface area contributed by atoms with E-state index in [0.29, 0.717) is 13.0 Å². The van der Waals surface area contributed by atoms with Crippen LogP contribution in [0.2, 0.25) is 0 Å². The fourth-order valence-corrected chi connectivity index (χ4v) is 4.23. The molecule has 26 heavy (non-hydrogen) atoms. The van der Waals surface area contributed by atoms with Gasteiger partial charge in [-0.05, 0) is 42.7 Å². The van der Waals surface area contributed by atoms with Crippen LogP contribution in [0.3, 0.4) is 0 Å². The first-order valence-corrected chi connectivity index (χ1v) is 10.0. The van der Waals surface area contributed by atoms with Gasteiger partial charge in [0.1, 0.15) is 0 Å². The highest BCUT2D eigenvalue weighted by atomic mass is 32.2. The molecule has 138 valence electrons. The molecule has 1 heterocycles. The molecular formula is C19H22N2O4S. The normalized spacial score (nSPS) is 13.5. The van der Waals surface area contributed by atoms with Crippen molar-refractivity contribution in [3.05, 3.63) is 59.7 Å². The van der Waals surface area contributed by atoms with E-state index in [0.717, 1.165) is 19.5 Å². The maximum Gasteiger partial charge on any atom is 0.337 e. The number of nitrogens with one attached hydrogen (secondary N) is 1. The molecule has 0 amide bonds. The van der Waals surface area contributed by atoms with Crippen LogP contribution in [0, 0.1) is 0 Å². The van der Waals surface area contributed by atoms with Crippen molar-refractivity contribution in [2.24, 2.45) is 0 Å². The summed E-state index contributed by atoms with van der Waals surface area (Å²) >= 11 is 0. The Morgan fingerprint density at radius 1 is 1.19 bits per heavy atom. The minimum atomic E-state index is -3.66. The Bertz CT molecular complexity index is 896. The molecule has 0 radical (unpaired) electrons. The summed E-state index contributed by atoms with van der Waals surface area (Å²) in [7, 11) is -2.39. The van der Waals surface area contributed by atoms with Crippen molar-refractivity contribution in [1.29, 1.82) is 0 Å². The molecule has 0 unspecified atom stereocenters. The average Bonchev–Trinajstić information content (AvgIpc) is 3.08. The predicted molar refractivity (Wildman–Crippen MR) is 99.9 cm³/mol. The van der Waals surface area contributed by atoms with Gasteiger partial charge in [-0.1, -0.05) is 24.3 Å². The van der Waals surface area contributed by atoms with Crippen molar-refractivity contribution in [3.8, 4) is 0 Å². The second-order valence-electron chi connectivity index (χ2n) is 6.14.